The quantitative estimate of drug-likeness (QED) is 0.620. The standard InChI is InChI=1S/C11H23NO2/c1-10(2)11(3)12(6-4-8-13)7-5-9-14/h10,13-14H,3-9H2,1-2H3. The first-order chi connectivity index (χ1) is 6.63. The molecule has 0 spiro atoms. The highest BCUT2D eigenvalue weighted by Crippen LogP contribution is 2.13. The lowest BCUT2D eigenvalue weighted by atomic mass is 10.1. The fourth-order valence-electron chi connectivity index (χ4n) is 1.29. The summed E-state index contributed by atoms with van der Waals surface area (Å²) in [7, 11) is 0. The molecule has 3 nitrogen and oxygen atoms in total. The summed E-state index contributed by atoms with van der Waals surface area (Å²) < 4.78 is 0. The van der Waals surface area contributed by atoms with E-state index in [0.29, 0.717) is 5.92 Å². The van der Waals surface area contributed by atoms with Crippen LogP contribution in [0.5, 0.6) is 0 Å². The largest absolute Gasteiger partial charge is 0.396 e. The second-order valence-electron chi connectivity index (χ2n) is 3.79. The van der Waals surface area contributed by atoms with Crippen molar-refractivity contribution in [3.05, 3.63) is 12.3 Å². The molecule has 0 aliphatic heterocycles. The van der Waals surface area contributed by atoms with Crippen LogP contribution in [0, 0.1) is 5.92 Å². The molecule has 0 aromatic heterocycles. The zero-order valence-electron chi connectivity index (χ0n) is 9.37. The van der Waals surface area contributed by atoms with Gasteiger partial charge in [-0.3, -0.25) is 0 Å². The van der Waals surface area contributed by atoms with E-state index in [4.69, 9.17) is 10.2 Å². The van der Waals surface area contributed by atoms with Crippen molar-refractivity contribution in [1.29, 1.82) is 0 Å². The predicted molar refractivity (Wildman–Crippen MR) is 59.0 cm³/mol. The van der Waals surface area contributed by atoms with E-state index in [-0.39, 0.29) is 13.2 Å². The van der Waals surface area contributed by atoms with Crippen LogP contribution in [-0.2, 0) is 0 Å². The van der Waals surface area contributed by atoms with Gasteiger partial charge in [0, 0.05) is 32.0 Å². The summed E-state index contributed by atoms with van der Waals surface area (Å²) in [5.41, 5.74) is 1.09. The number of nitrogens with zero attached hydrogens (tertiary/aromatic N) is 1. The van der Waals surface area contributed by atoms with Gasteiger partial charge in [-0.2, -0.15) is 0 Å². The molecule has 0 amide bonds. The van der Waals surface area contributed by atoms with Crippen LogP contribution in [0.1, 0.15) is 26.7 Å². The average Bonchev–Trinajstić information content (AvgIpc) is 2.17. The lowest BCUT2D eigenvalue weighted by Crippen LogP contribution is -2.28. The molecule has 0 saturated carbocycles. The molecule has 0 radical (unpaired) electrons. The molecular formula is C11H23NO2. The fourth-order valence-corrected chi connectivity index (χ4v) is 1.29. The van der Waals surface area contributed by atoms with E-state index in [9.17, 15) is 0 Å². The van der Waals surface area contributed by atoms with Gasteiger partial charge in [0.2, 0.25) is 0 Å². The third-order valence-corrected chi connectivity index (χ3v) is 2.24. The molecule has 0 fully saturated rings. The predicted octanol–water partition coefficient (Wildman–Crippen LogP) is 1.22. The van der Waals surface area contributed by atoms with Crippen LogP contribution < -0.4 is 0 Å². The Bertz CT molecular complexity index is 149. The zero-order chi connectivity index (χ0) is 11.0. The van der Waals surface area contributed by atoms with Crippen LogP contribution in [0.2, 0.25) is 0 Å². The SMILES string of the molecule is C=C(C(C)C)N(CCCO)CCCO. The molecule has 0 rings (SSSR count). The number of aliphatic hydroxyl groups excluding tert-OH is 2. The van der Waals surface area contributed by atoms with Crippen LogP contribution in [0.25, 0.3) is 0 Å². The second kappa shape index (κ2) is 7.83. The maximum atomic E-state index is 8.76. The molecule has 3 heteroatoms. The topological polar surface area (TPSA) is 43.7 Å². The van der Waals surface area contributed by atoms with E-state index < -0.39 is 0 Å². The summed E-state index contributed by atoms with van der Waals surface area (Å²) in [6, 6.07) is 0. The molecule has 0 atom stereocenters. The van der Waals surface area contributed by atoms with Crippen molar-refractivity contribution in [3.63, 3.8) is 0 Å². The third-order valence-electron chi connectivity index (χ3n) is 2.24. The molecule has 0 aliphatic rings. The van der Waals surface area contributed by atoms with Gasteiger partial charge in [0.15, 0.2) is 0 Å². The van der Waals surface area contributed by atoms with Crippen LogP contribution in [-0.4, -0.2) is 41.4 Å². The first-order valence-corrected chi connectivity index (χ1v) is 5.29. The van der Waals surface area contributed by atoms with Gasteiger partial charge in [-0.05, 0) is 18.8 Å². The monoisotopic (exact) mass is 201 g/mol. The fraction of sp³-hybridized carbons (Fsp3) is 0.818. The summed E-state index contributed by atoms with van der Waals surface area (Å²) in [4.78, 5) is 2.15. The van der Waals surface area contributed by atoms with Gasteiger partial charge in [-0.1, -0.05) is 20.4 Å². The molecular weight excluding hydrogens is 178 g/mol. The Kier molecular flexibility index (Phi) is 7.52. The lowest BCUT2D eigenvalue weighted by molar-refractivity contribution is 0.220. The number of hydrogen-bond acceptors (Lipinski definition) is 3. The molecule has 0 aliphatic carbocycles. The van der Waals surface area contributed by atoms with Gasteiger partial charge in [0.1, 0.15) is 0 Å². The maximum Gasteiger partial charge on any atom is 0.0447 e. The van der Waals surface area contributed by atoms with Gasteiger partial charge < -0.3 is 15.1 Å². The third kappa shape index (κ3) is 5.25. The van der Waals surface area contributed by atoms with Gasteiger partial charge in [-0.15, -0.1) is 0 Å². The highest BCUT2D eigenvalue weighted by atomic mass is 16.3. The molecule has 14 heavy (non-hydrogen) atoms. The lowest BCUT2D eigenvalue weighted by Gasteiger charge is -2.28. The number of rotatable bonds is 8. The Morgan fingerprint density at radius 2 is 1.57 bits per heavy atom. The molecule has 2 N–H and O–H groups in total. The summed E-state index contributed by atoms with van der Waals surface area (Å²) in [6.07, 6.45) is 1.52. The molecule has 0 saturated heterocycles. The van der Waals surface area contributed by atoms with Gasteiger partial charge in [0.05, 0.1) is 0 Å². The zero-order valence-corrected chi connectivity index (χ0v) is 9.37. The normalized spacial score (nSPS) is 10.6. The van der Waals surface area contributed by atoms with Crippen LogP contribution in [0.15, 0.2) is 12.3 Å². The Balaban J connectivity index is 4.01. The highest BCUT2D eigenvalue weighted by molar-refractivity contribution is 4.96. The van der Waals surface area contributed by atoms with Gasteiger partial charge >= 0.3 is 0 Å². The highest BCUT2D eigenvalue weighted by Gasteiger charge is 2.09. The van der Waals surface area contributed by atoms with E-state index in [1.165, 1.54) is 0 Å². The van der Waals surface area contributed by atoms with Crippen LogP contribution in [0.4, 0.5) is 0 Å². The maximum absolute atomic E-state index is 8.76. The number of allylic oxidation sites excluding steroid dienone is 1. The van der Waals surface area contributed by atoms with Crippen molar-refractivity contribution in [2.45, 2.75) is 26.7 Å². The van der Waals surface area contributed by atoms with Crippen molar-refractivity contribution in [1.82, 2.24) is 4.90 Å². The van der Waals surface area contributed by atoms with Gasteiger partial charge in [0.25, 0.3) is 0 Å². The first-order valence-electron chi connectivity index (χ1n) is 5.29. The van der Waals surface area contributed by atoms with E-state index in [2.05, 4.69) is 25.3 Å². The van der Waals surface area contributed by atoms with E-state index in [1.54, 1.807) is 0 Å². The van der Waals surface area contributed by atoms with E-state index in [0.717, 1.165) is 31.6 Å². The Morgan fingerprint density at radius 3 is 1.86 bits per heavy atom. The summed E-state index contributed by atoms with van der Waals surface area (Å²) in [6.45, 7) is 10.3. The summed E-state index contributed by atoms with van der Waals surface area (Å²) in [5.74, 6) is 0.424. The number of hydrogen-bond donors (Lipinski definition) is 2. The van der Waals surface area contributed by atoms with Gasteiger partial charge in [-0.25, -0.2) is 0 Å². The second-order valence-corrected chi connectivity index (χ2v) is 3.79. The van der Waals surface area contributed by atoms with Crippen LogP contribution >= 0.6 is 0 Å². The van der Waals surface area contributed by atoms with Crippen molar-refractivity contribution < 1.29 is 10.2 Å². The molecule has 0 bridgehead atoms. The number of aliphatic hydroxyl groups is 2. The summed E-state index contributed by atoms with van der Waals surface area (Å²) in [5, 5.41) is 17.5. The Labute approximate surface area is 87.0 Å². The van der Waals surface area contributed by atoms with E-state index in [1.807, 2.05) is 0 Å². The minimum atomic E-state index is 0.209. The minimum absolute atomic E-state index is 0.209. The van der Waals surface area contributed by atoms with Crippen LogP contribution in [0.3, 0.4) is 0 Å². The smallest absolute Gasteiger partial charge is 0.0447 e. The Morgan fingerprint density at radius 1 is 1.14 bits per heavy atom. The molecule has 84 valence electrons. The minimum Gasteiger partial charge on any atom is -0.396 e. The first kappa shape index (κ1) is 13.5. The molecule has 0 aromatic carbocycles. The van der Waals surface area contributed by atoms with Crippen molar-refractivity contribution >= 4 is 0 Å². The Hall–Kier alpha value is -0.540. The molecule has 0 unspecified atom stereocenters. The average molecular weight is 201 g/mol. The summed E-state index contributed by atoms with van der Waals surface area (Å²) >= 11 is 0. The van der Waals surface area contributed by atoms with Crippen molar-refractivity contribution in [2.24, 2.45) is 5.92 Å². The molecule has 0 aromatic rings. The van der Waals surface area contributed by atoms with E-state index >= 15 is 0 Å². The van der Waals surface area contributed by atoms with Crippen molar-refractivity contribution in [2.75, 3.05) is 26.3 Å². The van der Waals surface area contributed by atoms with Crippen molar-refractivity contribution in [3.8, 4) is 0 Å². The molecule has 0 heterocycles.